The molecule has 1 fully saturated rings. The molecule has 1 aromatic heterocycles. The Morgan fingerprint density at radius 3 is 3.16 bits per heavy atom. The Balaban J connectivity index is 1.78. The second-order valence-electron chi connectivity index (χ2n) is 4.18. The van der Waals surface area contributed by atoms with Gasteiger partial charge < -0.3 is 19.9 Å². The number of aromatic nitrogens is 2. The quantitative estimate of drug-likeness (QED) is 0.704. The van der Waals surface area contributed by atoms with Crippen LogP contribution in [0.1, 0.15) is 6.42 Å². The van der Waals surface area contributed by atoms with Crippen molar-refractivity contribution in [3.05, 3.63) is 12.4 Å². The fourth-order valence-corrected chi connectivity index (χ4v) is 1.72. The van der Waals surface area contributed by atoms with Gasteiger partial charge in [-0.15, -0.1) is 0 Å². The molecule has 0 radical (unpaired) electrons. The van der Waals surface area contributed by atoms with Crippen molar-refractivity contribution in [2.24, 2.45) is 0 Å². The maximum absolute atomic E-state index is 11.7. The molecule has 8 heteroatoms. The molecule has 104 valence electrons. The summed E-state index contributed by atoms with van der Waals surface area (Å²) in [5.41, 5.74) is 0. The van der Waals surface area contributed by atoms with E-state index in [1.165, 1.54) is 17.1 Å². The standard InChI is InChI=1S/C11H15N3O5/c15-10(13-8-1-2-18-6-8)5-14-4-9(3-12-14)19-7-11(16)17/h3-4,8H,1-2,5-7H2,(H,13,15)(H,16,17). The fourth-order valence-electron chi connectivity index (χ4n) is 1.72. The summed E-state index contributed by atoms with van der Waals surface area (Å²) in [6.07, 6.45) is 3.67. The first-order valence-electron chi connectivity index (χ1n) is 5.87. The van der Waals surface area contributed by atoms with Crippen molar-refractivity contribution in [1.82, 2.24) is 15.1 Å². The molecule has 2 heterocycles. The first-order valence-corrected chi connectivity index (χ1v) is 5.87. The number of nitrogens with zero attached hydrogens (tertiary/aromatic N) is 2. The van der Waals surface area contributed by atoms with E-state index in [-0.39, 0.29) is 18.5 Å². The minimum Gasteiger partial charge on any atom is -0.479 e. The highest BCUT2D eigenvalue weighted by Crippen LogP contribution is 2.08. The minimum absolute atomic E-state index is 0.0609. The maximum atomic E-state index is 11.7. The van der Waals surface area contributed by atoms with E-state index in [1.807, 2.05) is 0 Å². The molecule has 0 spiro atoms. The molecular formula is C11H15N3O5. The summed E-state index contributed by atoms with van der Waals surface area (Å²) in [6, 6.07) is 0.0609. The van der Waals surface area contributed by atoms with Crippen LogP contribution in [0, 0.1) is 0 Å². The molecule has 19 heavy (non-hydrogen) atoms. The van der Waals surface area contributed by atoms with Crippen LogP contribution in [0.4, 0.5) is 0 Å². The molecule has 1 aliphatic heterocycles. The molecule has 8 nitrogen and oxygen atoms in total. The van der Waals surface area contributed by atoms with Crippen LogP contribution < -0.4 is 10.1 Å². The van der Waals surface area contributed by atoms with Gasteiger partial charge in [-0.25, -0.2) is 4.79 Å². The normalized spacial score (nSPS) is 18.2. The Morgan fingerprint density at radius 2 is 2.47 bits per heavy atom. The number of carbonyl (C=O) groups excluding carboxylic acids is 1. The number of nitrogens with one attached hydrogen (secondary N) is 1. The molecule has 0 aromatic carbocycles. The highest BCUT2D eigenvalue weighted by Gasteiger charge is 2.18. The predicted molar refractivity (Wildman–Crippen MR) is 62.7 cm³/mol. The highest BCUT2D eigenvalue weighted by molar-refractivity contribution is 5.76. The number of carboxylic acids is 1. The summed E-state index contributed by atoms with van der Waals surface area (Å²) in [4.78, 5) is 22.0. The van der Waals surface area contributed by atoms with Crippen LogP contribution in [-0.4, -0.2) is 52.6 Å². The lowest BCUT2D eigenvalue weighted by atomic mass is 10.2. The fraction of sp³-hybridized carbons (Fsp3) is 0.545. The molecule has 0 aliphatic carbocycles. The van der Waals surface area contributed by atoms with Crippen LogP contribution in [0.15, 0.2) is 12.4 Å². The van der Waals surface area contributed by atoms with E-state index in [1.54, 1.807) is 0 Å². The molecular weight excluding hydrogens is 254 g/mol. The lowest BCUT2D eigenvalue weighted by Crippen LogP contribution is -2.37. The molecule has 1 saturated heterocycles. The number of rotatable bonds is 6. The smallest absolute Gasteiger partial charge is 0.341 e. The second-order valence-corrected chi connectivity index (χ2v) is 4.18. The van der Waals surface area contributed by atoms with Crippen molar-refractivity contribution in [2.45, 2.75) is 19.0 Å². The third-order valence-corrected chi connectivity index (χ3v) is 2.57. The molecule has 0 saturated carbocycles. The highest BCUT2D eigenvalue weighted by atomic mass is 16.5. The number of hydrogen-bond acceptors (Lipinski definition) is 5. The van der Waals surface area contributed by atoms with Crippen LogP contribution in [0.25, 0.3) is 0 Å². The lowest BCUT2D eigenvalue weighted by molar-refractivity contribution is -0.139. The average Bonchev–Trinajstić information content (AvgIpc) is 2.98. The summed E-state index contributed by atoms with van der Waals surface area (Å²) in [6.45, 7) is 0.835. The Kier molecular flexibility index (Phi) is 4.35. The van der Waals surface area contributed by atoms with Crippen LogP contribution in [-0.2, 0) is 20.9 Å². The number of ether oxygens (including phenoxy) is 2. The number of amides is 1. The van der Waals surface area contributed by atoms with E-state index in [9.17, 15) is 9.59 Å². The third kappa shape index (κ3) is 4.25. The van der Waals surface area contributed by atoms with Crippen molar-refractivity contribution in [1.29, 1.82) is 0 Å². The zero-order valence-electron chi connectivity index (χ0n) is 10.2. The Labute approximate surface area is 109 Å². The summed E-state index contributed by atoms with van der Waals surface area (Å²) >= 11 is 0. The topological polar surface area (TPSA) is 103 Å². The number of carbonyl (C=O) groups is 2. The second kappa shape index (κ2) is 6.19. The summed E-state index contributed by atoms with van der Waals surface area (Å²) in [5, 5.41) is 15.2. The van der Waals surface area contributed by atoms with Crippen molar-refractivity contribution in [2.75, 3.05) is 19.8 Å². The first kappa shape index (κ1) is 13.3. The van der Waals surface area contributed by atoms with Gasteiger partial charge in [-0.1, -0.05) is 0 Å². The maximum Gasteiger partial charge on any atom is 0.341 e. The number of carboxylic acid groups (broad SMARTS) is 1. The molecule has 0 bridgehead atoms. The Morgan fingerprint density at radius 1 is 1.63 bits per heavy atom. The third-order valence-electron chi connectivity index (χ3n) is 2.57. The molecule has 1 amide bonds. The summed E-state index contributed by atoms with van der Waals surface area (Å²) < 4.78 is 11.5. The van der Waals surface area contributed by atoms with Crippen molar-refractivity contribution >= 4 is 11.9 Å². The SMILES string of the molecule is O=C(O)COc1cnn(CC(=O)NC2CCOC2)c1. The Bertz CT molecular complexity index is 453. The molecule has 1 unspecified atom stereocenters. The zero-order valence-corrected chi connectivity index (χ0v) is 10.2. The molecule has 1 aliphatic rings. The summed E-state index contributed by atoms with van der Waals surface area (Å²) in [5.74, 6) is -0.908. The average molecular weight is 269 g/mol. The van der Waals surface area contributed by atoms with Gasteiger partial charge >= 0.3 is 5.97 Å². The van der Waals surface area contributed by atoms with Crippen molar-refractivity contribution in [3.8, 4) is 5.75 Å². The number of hydrogen-bond donors (Lipinski definition) is 2. The van der Waals surface area contributed by atoms with Crippen LogP contribution in [0.3, 0.4) is 0 Å². The van der Waals surface area contributed by atoms with E-state index >= 15 is 0 Å². The molecule has 2 N–H and O–H groups in total. The predicted octanol–water partition coefficient (Wildman–Crippen LogP) is -0.748. The van der Waals surface area contributed by atoms with E-state index in [0.29, 0.717) is 19.0 Å². The van der Waals surface area contributed by atoms with E-state index in [2.05, 4.69) is 10.4 Å². The minimum atomic E-state index is -1.06. The molecule has 2 rings (SSSR count). The lowest BCUT2D eigenvalue weighted by Gasteiger charge is -2.10. The van der Waals surface area contributed by atoms with Gasteiger partial charge in [-0.2, -0.15) is 5.10 Å². The molecule has 1 aromatic rings. The van der Waals surface area contributed by atoms with Gasteiger partial charge in [-0.05, 0) is 6.42 Å². The van der Waals surface area contributed by atoms with Crippen LogP contribution in [0.2, 0.25) is 0 Å². The van der Waals surface area contributed by atoms with Gasteiger partial charge in [0.15, 0.2) is 12.4 Å². The van der Waals surface area contributed by atoms with Gasteiger partial charge in [-0.3, -0.25) is 9.48 Å². The van der Waals surface area contributed by atoms with Crippen molar-refractivity contribution in [3.63, 3.8) is 0 Å². The monoisotopic (exact) mass is 269 g/mol. The largest absolute Gasteiger partial charge is 0.479 e. The van der Waals surface area contributed by atoms with Gasteiger partial charge in [0.1, 0.15) is 6.54 Å². The van der Waals surface area contributed by atoms with Crippen LogP contribution in [0.5, 0.6) is 5.75 Å². The van der Waals surface area contributed by atoms with Gasteiger partial charge in [0, 0.05) is 6.61 Å². The molecule has 1 atom stereocenters. The van der Waals surface area contributed by atoms with E-state index in [4.69, 9.17) is 14.6 Å². The van der Waals surface area contributed by atoms with Crippen LogP contribution >= 0.6 is 0 Å². The van der Waals surface area contributed by atoms with Gasteiger partial charge in [0.05, 0.1) is 25.0 Å². The van der Waals surface area contributed by atoms with Gasteiger partial charge in [0.2, 0.25) is 5.91 Å². The van der Waals surface area contributed by atoms with Gasteiger partial charge in [0.25, 0.3) is 0 Å². The summed E-state index contributed by atoms with van der Waals surface area (Å²) in [7, 11) is 0. The van der Waals surface area contributed by atoms with E-state index in [0.717, 1.165) is 6.42 Å². The zero-order chi connectivity index (χ0) is 13.7. The van der Waals surface area contributed by atoms with E-state index < -0.39 is 12.6 Å². The Hall–Kier alpha value is -2.09. The first-order chi connectivity index (χ1) is 9.13. The van der Waals surface area contributed by atoms with Crippen molar-refractivity contribution < 1.29 is 24.2 Å². The number of aliphatic carboxylic acids is 1.